The van der Waals surface area contributed by atoms with Gasteiger partial charge in [-0.05, 0) is 45.0 Å². The summed E-state index contributed by atoms with van der Waals surface area (Å²) in [6.07, 6.45) is 0.601. The van der Waals surface area contributed by atoms with Crippen LogP contribution >= 0.6 is 0 Å². The van der Waals surface area contributed by atoms with E-state index in [9.17, 15) is 4.79 Å². The number of benzene rings is 1. The van der Waals surface area contributed by atoms with Gasteiger partial charge >= 0.3 is 0 Å². The van der Waals surface area contributed by atoms with E-state index in [2.05, 4.69) is 30.9 Å². The fourth-order valence-electron chi connectivity index (χ4n) is 2.04. The van der Waals surface area contributed by atoms with Crippen LogP contribution in [0.1, 0.15) is 30.0 Å². The van der Waals surface area contributed by atoms with Crippen LogP contribution in [0.5, 0.6) is 5.75 Å². The van der Waals surface area contributed by atoms with Crippen molar-refractivity contribution in [3.05, 3.63) is 28.8 Å². The monoisotopic (exact) mass is 249 g/mol. The topological polar surface area (TPSA) is 29.5 Å². The summed E-state index contributed by atoms with van der Waals surface area (Å²) in [5.74, 6) is 1.16. The lowest BCUT2D eigenvalue weighted by molar-refractivity contribution is -0.117. The molecule has 1 aromatic carbocycles. The molecule has 0 saturated carbocycles. The van der Waals surface area contributed by atoms with Gasteiger partial charge in [-0.2, -0.15) is 0 Å². The van der Waals surface area contributed by atoms with E-state index < -0.39 is 0 Å². The summed E-state index contributed by atoms with van der Waals surface area (Å²) >= 11 is 0. The molecule has 1 aromatic rings. The summed E-state index contributed by atoms with van der Waals surface area (Å²) in [7, 11) is 3.73. The van der Waals surface area contributed by atoms with Crippen LogP contribution in [-0.4, -0.2) is 31.4 Å². The lowest BCUT2D eigenvalue weighted by Gasteiger charge is -2.20. The Morgan fingerprint density at radius 3 is 2.56 bits per heavy atom. The van der Waals surface area contributed by atoms with E-state index in [1.807, 2.05) is 7.05 Å². The van der Waals surface area contributed by atoms with E-state index in [0.717, 1.165) is 18.8 Å². The third kappa shape index (κ3) is 4.15. The molecule has 0 radical (unpaired) electrons. The highest BCUT2D eigenvalue weighted by atomic mass is 16.5. The Bertz CT molecular complexity index is 427. The molecule has 0 N–H and O–H groups in total. The maximum Gasteiger partial charge on any atom is 0.131 e. The normalized spacial score (nSPS) is 10.8. The summed E-state index contributed by atoms with van der Waals surface area (Å²) in [6, 6.07) is 4.22. The maximum atomic E-state index is 11.0. The summed E-state index contributed by atoms with van der Waals surface area (Å²) in [5, 5.41) is 0. The van der Waals surface area contributed by atoms with Crippen molar-refractivity contribution in [2.45, 2.75) is 33.7 Å². The van der Waals surface area contributed by atoms with Crippen molar-refractivity contribution < 1.29 is 9.53 Å². The highest BCUT2D eigenvalue weighted by Gasteiger charge is 2.10. The minimum Gasteiger partial charge on any atom is -0.496 e. The van der Waals surface area contributed by atoms with E-state index in [4.69, 9.17) is 4.74 Å². The van der Waals surface area contributed by atoms with E-state index in [1.54, 1.807) is 14.0 Å². The average Bonchev–Trinajstić information content (AvgIpc) is 2.29. The smallest absolute Gasteiger partial charge is 0.131 e. The first-order valence-electron chi connectivity index (χ1n) is 6.26. The van der Waals surface area contributed by atoms with Crippen LogP contribution < -0.4 is 4.74 Å². The number of methoxy groups -OCH3 is 1. The second-order valence-corrected chi connectivity index (χ2v) is 4.95. The van der Waals surface area contributed by atoms with Gasteiger partial charge in [-0.15, -0.1) is 0 Å². The SMILES string of the molecule is COc1cc(C)cc(C)c1CN(C)CCC(C)=O. The number of rotatable bonds is 6. The minimum absolute atomic E-state index is 0.231. The number of carbonyl (C=O) groups is 1. The van der Waals surface area contributed by atoms with Crippen LogP contribution in [0.2, 0.25) is 0 Å². The van der Waals surface area contributed by atoms with Crippen molar-refractivity contribution in [3.8, 4) is 5.75 Å². The molecule has 3 heteroatoms. The zero-order valence-electron chi connectivity index (χ0n) is 12.0. The highest BCUT2D eigenvalue weighted by molar-refractivity contribution is 5.75. The van der Waals surface area contributed by atoms with E-state index in [1.165, 1.54) is 16.7 Å². The van der Waals surface area contributed by atoms with Crippen LogP contribution in [0.25, 0.3) is 0 Å². The molecule has 1 rings (SSSR count). The third-order valence-corrected chi connectivity index (χ3v) is 3.07. The molecule has 0 aliphatic carbocycles. The number of Topliss-reactive ketones (excluding diaryl/α,β-unsaturated/α-hetero) is 1. The summed E-state index contributed by atoms with van der Waals surface area (Å²) in [6.45, 7) is 7.39. The molecule has 18 heavy (non-hydrogen) atoms. The highest BCUT2D eigenvalue weighted by Crippen LogP contribution is 2.25. The average molecular weight is 249 g/mol. The van der Waals surface area contributed by atoms with Gasteiger partial charge < -0.3 is 9.64 Å². The van der Waals surface area contributed by atoms with Gasteiger partial charge in [0, 0.05) is 25.1 Å². The molecule has 0 fully saturated rings. The first kappa shape index (κ1) is 14.7. The zero-order chi connectivity index (χ0) is 13.7. The van der Waals surface area contributed by atoms with E-state index in [-0.39, 0.29) is 5.78 Å². The van der Waals surface area contributed by atoms with E-state index in [0.29, 0.717) is 6.42 Å². The Morgan fingerprint density at radius 1 is 1.33 bits per heavy atom. The van der Waals surface area contributed by atoms with Gasteiger partial charge in [-0.1, -0.05) is 6.07 Å². The number of ether oxygens (including phenoxy) is 1. The maximum absolute atomic E-state index is 11.0. The second-order valence-electron chi connectivity index (χ2n) is 4.95. The number of hydrogen-bond donors (Lipinski definition) is 0. The Morgan fingerprint density at radius 2 is 2.00 bits per heavy atom. The Labute approximate surface area is 110 Å². The standard InChI is InChI=1S/C15H23NO2/c1-11-8-12(2)14(15(9-11)18-5)10-16(4)7-6-13(3)17/h8-9H,6-7,10H2,1-5H3. The van der Waals surface area contributed by atoms with E-state index >= 15 is 0 Å². The molecule has 0 saturated heterocycles. The van der Waals surface area contributed by atoms with Gasteiger partial charge in [0.1, 0.15) is 11.5 Å². The zero-order valence-corrected chi connectivity index (χ0v) is 12.0. The van der Waals surface area contributed by atoms with Gasteiger partial charge in [-0.3, -0.25) is 4.79 Å². The summed E-state index contributed by atoms with van der Waals surface area (Å²) in [5.41, 5.74) is 3.65. The molecular weight excluding hydrogens is 226 g/mol. The van der Waals surface area contributed by atoms with Gasteiger partial charge in [0.25, 0.3) is 0 Å². The fourth-order valence-corrected chi connectivity index (χ4v) is 2.04. The van der Waals surface area contributed by atoms with Crippen LogP contribution in [0.15, 0.2) is 12.1 Å². The Balaban J connectivity index is 2.80. The molecule has 0 aromatic heterocycles. The molecule has 0 amide bonds. The molecule has 0 heterocycles. The number of ketones is 1. The number of carbonyl (C=O) groups excluding carboxylic acids is 1. The first-order chi connectivity index (χ1) is 8.43. The first-order valence-corrected chi connectivity index (χ1v) is 6.26. The molecule has 100 valence electrons. The largest absolute Gasteiger partial charge is 0.496 e. The van der Waals surface area contributed by atoms with Crippen molar-refractivity contribution >= 4 is 5.78 Å². The summed E-state index contributed by atoms with van der Waals surface area (Å²) < 4.78 is 5.44. The second kappa shape index (κ2) is 6.55. The number of nitrogens with zero attached hydrogens (tertiary/aromatic N) is 1. The van der Waals surface area contributed by atoms with Crippen molar-refractivity contribution in [2.75, 3.05) is 20.7 Å². The molecule has 0 spiro atoms. The van der Waals surface area contributed by atoms with Crippen LogP contribution in [-0.2, 0) is 11.3 Å². The van der Waals surface area contributed by atoms with Crippen molar-refractivity contribution in [1.82, 2.24) is 4.90 Å². The fraction of sp³-hybridized carbons (Fsp3) is 0.533. The molecule has 3 nitrogen and oxygen atoms in total. The number of aryl methyl sites for hydroxylation is 2. The van der Waals surface area contributed by atoms with Gasteiger partial charge in [0.05, 0.1) is 7.11 Å². The molecule has 0 atom stereocenters. The van der Waals surface area contributed by atoms with Crippen LogP contribution in [0, 0.1) is 13.8 Å². The third-order valence-electron chi connectivity index (χ3n) is 3.07. The van der Waals surface area contributed by atoms with Crippen molar-refractivity contribution in [3.63, 3.8) is 0 Å². The summed E-state index contributed by atoms with van der Waals surface area (Å²) in [4.78, 5) is 13.1. The lowest BCUT2D eigenvalue weighted by atomic mass is 10.0. The van der Waals surface area contributed by atoms with Gasteiger partial charge in [0.15, 0.2) is 0 Å². The Hall–Kier alpha value is -1.35. The predicted molar refractivity (Wildman–Crippen MR) is 74.1 cm³/mol. The number of hydrogen-bond acceptors (Lipinski definition) is 3. The van der Waals surface area contributed by atoms with Gasteiger partial charge in [0.2, 0.25) is 0 Å². The lowest BCUT2D eigenvalue weighted by Crippen LogP contribution is -2.21. The minimum atomic E-state index is 0.231. The quantitative estimate of drug-likeness (QED) is 0.776. The van der Waals surface area contributed by atoms with Crippen molar-refractivity contribution in [2.24, 2.45) is 0 Å². The van der Waals surface area contributed by atoms with Gasteiger partial charge in [-0.25, -0.2) is 0 Å². The van der Waals surface area contributed by atoms with Crippen LogP contribution in [0.3, 0.4) is 0 Å². The molecular formula is C15H23NO2. The van der Waals surface area contributed by atoms with Crippen molar-refractivity contribution in [1.29, 1.82) is 0 Å². The molecule has 0 aliphatic heterocycles. The molecule has 0 aliphatic rings. The van der Waals surface area contributed by atoms with Crippen LogP contribution in [0.4, 0.5) is 0 Å². The Kier molecular flexibility index (Phi) is 5.35. The molecule has 0 unspecified atom stereocenters. The molecule has 0 bridgehead atoms. The predicted octanol–water partition coefficient (Wildman–Crippen LogP) is 2.72.